The van der Waals surface area contributed by atoms with Crippen LogP contribution < -0.4 is 0 Å². The first-order valence-corrected chi connectivity index (χ1v) is 9.72. The van der Waals surface area contributed by atoms with Crippen LogP contribution in [0.3, 0.4) is 0 Å². The van der Waals surface area contributed by atoms with Crippen molar-refractivity contribution in [3.8, 4) is 0 Å². The van der Waals surface area contributed by atoms with Crippen LogP contribution in [-0.4, -0.2) is 52.7 Å². The molecule has 10 heteroatoms. The molecular weight excluding hydrogens is 413 g/mol. The zero-order valence-electron chi connectivity index (χ0n) is 10.6. The molecule has 0 N–H and O–H groups in total. The Morgan fingerprint density at radius 3 is 1.10 bits per heavy atom. The number of hydrogen-bond acceptors (Lipinski definition) is 3. The van der Waals surface area contributed by atoms with Crippen LogP contribution in [-0.2, 0) is 19.7 Å². The van der Waals surface area contributed by atoms with Crippen molar-refractivity contribution in [2.45, 2.75) is 0 Å². The van der Waals surface area contributed by atoms with E-state index in [2.05, 4.69) is 0 Å². The molecule has 0 aromatic heterocycles. The third-order valence-corrected chi connectivity index (χ3v) is 6.65. The second-order valence-corrected chi connectivity index (χ2v) is 7.01. The molecule has 20 heavy (non-hydrogen) atoms. The highest BCUT2D eigenvalue weighted by atomic mass is 35.5. The lowest BCUT2D eigenvalue weighted by atomic mass is 9.98. The molecule has 3 nitrogen and oxygen atoms in total. The highest BCUT2D eigenvalue weighted by molar-refractivity contribution is 7.75. The summed E-state index contributed by atoms with van der Waals surface area (Å²) < 4.78 is 21.8. The van der Waals surface area contributed by atoms with Gasteiger partial charge in [0.15, 0.2) is 0 Å². The fourth-order valence-corrected chi connectivity index (χ4v) is 3.76. The Kier molecular flexibility index (Phi) is 12.4. The van der Waals surface area contributed by atoms with Crippen LogP contribution in [0, 0.1) is 10.8 Å². The summed E-state index contributed by atoms with van der Waals surface area (Å²) in [7, 11) is 0. The first-order chi connectivity index (χ1) is 9.46. The standard InChI is InChI=1S/C10H16Cl6O3S/c11-1-9(2-12,3-13)7-18-20(17)19-8-10(4-14,5-15)6-16/h1-8H2. The Labute approximate surface area is 152 Å². The number of rotatable bonds is 12. The van der Waals surface area contributed by atoms with Gasteiger partial charge in [-0.15, -0.1) is 69.6 Å². The van der Waals surface area contributed by atoms with Gasteiger partial charge in [0.2, 0.25) is 0 Å². The molecule has 0 atom stereocenters. The molecule has 0 aliphatic carbocycles. The van der Waals surface area contributed by atoms with Crippen LogP contribution in [0.5, 0.6) is 0 Å². The summed E-state index contributed by atoms with van der Waals surface area (Å²) in [5.41, 5.74) is -1.29. The van der Waals surface area contributed by atoms with Gasteiger partial charge in [0, 0.05) is 46.1 Å². The van der Waals surface area contributed by atoms with Crippen molar-refractivity contribution in [1.29, 1.82) is 0 Å². The molecule has 0 heterocycles. The Hall–Kier alpha value is 1.81. The lowest BCUT2D eigenvalue weighted by Gasteiger charge is -2.27. The lowest BCUT2D eigenvalue weighted by Crippen LogP contribution is -2.35. The monoisotopic (exact) mass is 426 g/mol. The topological polar surface area (TPSA) is 35.5 Å². The summed E-state index contributed by atoms with van der Waals surface area (Å²) in [6.07, 6.45) is 0. The third kappa shape index (κ3) is 6.93. The van der Waals surface area contributed by atoms with Gasteiger partial charge < -0.3 is 0 Å². The normalized spacial score (nSPS) is 13.2. The molecule has 122 valence electrons. The van der Waals surface area contributed by atoms with Gasteiger partial charge in [0.1, 0.15) is 0 Å². The van der Waals surface area contributed by atoms with E-state index in [1.54, 1.807) is 0 Å². The minimum atomic E-state index is -1.97. The second kappa shape index (κ2) is 11.4. The maximum Gasteiger partial charge on any atom is 0.304 e. The number of alkyl halides is 6. The molecule has 0 bridgehead atoms. The number of halogens is 6. The predicted molar refractivity (Wildman–Crippen MR) is 89.2 cm³/mol. The molecule has 0 unspecified atom stereocenters. The highest BCUT2D eigenvalue weighted by Gasteiger charge is 2.31. The quantitative estimate of drug-likeness (QED) is 0.441. The van der Waals surface area contributed by atoms with Gasteiger partial charge in [-0.05, 0) is 0 Å². The largest absolute Gasteiger partial charge is 0.304 e. The molecule has 0 rings (SSSR count). The van der Waals surface area contributed by atoms with Crippen molar-refractivity contribution in [2.24, 2.45) is 10.8 Å². The van der Waals surface area contributed by atoms with Crippen LogP contribution in [0.2, 0.25) is 0 Å². The molecule has 0 aromatic rings. The van der Waals surface area contributed by atoms with Crippen molar-refractivity contribution >= 4 is 81.0 Å². The van der Waals surface area contributed by atoms with Crippen LogP contribution >= 0.6 is 69.6 Å². The van der Waals surface area contributed by atoms with Gasteiger partial charge >= 0.3 is 11.4 Å². The zero-order valence-corrected chi connectivity index (χ0v) is 15.9. The van der Waals surface area contributed by atoms with Crippen LogP contribution in [0.15, 0.2) is 0 Å². The SMILES string of the molecule is O=S(OCC(CCl)(CCl)CCl)OCC(CCl)(CCl)CCl. The van der Waals surface area contributed by atoms with Crippen LogP contribution in [0.1, 0.15) is 0 Å². The Morgan fingerprint density at radius 1 is 0.650 bits per heavy atom. The van der Waals surface area contributed by atoms with Gasteiger partial charge in [-0.25, -0.2) is 0 Å². The average molecular weight is 429 g/mol. The summed E-state index contributed by atoms with van der Waals surface area (Å²) in [5.74, 6) is 1.12. The maximum absolute atomic E-state index is 11.6. The highest BCUT2D eigenvalue weighted by Crippen LogP contribution is 2.26. The minimum absolute atomic E-state index is 0.0196. The van der Waals surface area contributed by atoms with Gasteiger partial charge in [-0.2, -0.15) is 4.21 Å². The first kappa shape index (κ1) is 21.8. The second-order valence-electron chi connectivity index (χ2n) is 4.53. The lowest BCUT2D eigenvalue weighted by molar-refractivity contribution is 0.159. The zero-order chi connectivity index (χ0) is 15.6. The number of hydrogen-bond donors (Lipinski definition) is 0. The molecule has 0 aromatic carbocycles. The predicted octanol–water partition coefficient (Wildman–Crippen LogP) is 4.00. The van der Waals surface area contributed by atoms with E-state index in [4.69, 9.17) is 78.0 Å². The van der Waals surface area contributed by atoms with Gasteiger partial charge in [0.05, 0.1) is 13.2 Å². The van der Waals surface area contributed by atoms with Crippen LogP contribution in [0.4, 0.5) is 0 Å². The molecular formula is C10H16Cl6O3S. The smallest absolute Gasteiger partial charge is 0.268 e. The van der Waals surface area contributed by atoms with Gasteiger partial charge in [-0.3, -0.25) is 8.37 Å². The molecule has 0 spiro atoms. The van der Waals surface area contributed by atoms with Gasteiger partial charge in [-0.1, -0.05) is 0 Å². The van der Waals surface area contributed by atoms with Gasteiger partial charge in [0.25, 0.3) is 0 Å². The van der Waals surface area contributed by atoms with E-state index in [0.717, 1.165) is 0 Å². The van der Waals surface area contributed by atoms with E-state index in [1.165, 1.54) is 0 Å². The Balaban J connectivity index is 4.30. The van der Waals surface area contributed by atoms with E-state index >= 15 is 0 Å². The van der Waals surface area contributed by atoms with Crippen molar-refractivity contribution in [1.82, 2.24) is 0 Å². The third-order valence-electron chi connectivity index (χ3n) is 2.62. The van der Waals surface area contributed by atoms with Crippen molar-refractivity contribution < 1.29 is 12.6 Å². The molecule has 0 aliphatic heterocycles. The van der Waals surface area contributed by atoms with E-state index in [9.17, 15) is 4.21 Å². The van der Waals surface area contributed by atoms with Crippen molar-refractivity contribution in [3.05, 3.63) is 0 Å². The Morgan fingerprint density at radius 2 is 0.900 bits per heavy atom. The molecule has 0 saturated heterocycles. The fraction of sp³-hybridized carbons (Fsp3) is 1.00. The molecule has 0 aliphatic rings. The van der Waals surface area contributed by atoms with E-state index < -0.39 is 22.2 Å². The molecule has 0 saturated carbocycles. The van der Waals surface area contributed by atoms with Crippen LogP contribution in [0.25, 0.3) is 0 Å². The van der Waals surface area contributed by atoms with Crippen molar-refractivity contribution in [2.75, 3.05) is 48.5 Å². The molecule has 0 fully saturated rings. The fourth-order valence-electron chi connectivity index (χ4n) is 0.826. The molecule has 0 radical (unpaired) electrons. The minimum Gasteiger partial charge on any atom is -0.268 e. The van der Waals surface area contributed by atoms with Crippen molar-refractivity contribution in [3.63, 3.8) is 0 Å². The van der Waals surface area contributed by atoms with E-state index in [-0.39, 0.29) is 48.5 Å². The van der Waals surface area contributed by atoms with E-state index in [0.29, 0.717) is 0 Å². The summed E-state index contributed by atoms with van der Waals surface area (Å²) in [4.78, 5) is 0. The van der Waals surface area contributed by atoms with E-state index in [1.807, 2.05) is 0 Å². The Bertz CT molecular complexity index is 244. The maximum atomic E-state index is 11.6. The summed E-state index contributed by atoms with van der Waals surface area (Å²) >= 11 is 32.7. The summed E-state index contributed by atoms with van der Waals surface area (Å²) in [5, 5.41) is 0. The molecule has 0 amide bonds. The average Bonchev–Trinajstić information content (AvgIpc) is 2.51. The summed E-state index contributed by atoms with van der Waals surface area (Å²) in [6.45, 7) is 0.0392. The first-order valence-electron chi connectivity index (χ1n) is 5.51. The summed E-state index contributed by atoms with van der Waals surface area (Å²) in [6, 6.07) is 0.